The van der Waals surface area contributed by atoms with E-state index >= 15 is 0 Å². The lowest BCUT2D eigenvalue weighted by Crippen LogP contribution is -1.93. The lowest BCUT2D eigenvalue weighted by Gasteiger charge is -1.98. The zero-order valence-electron chi connectivity index (χ0n) is 7.37. The molecule has 2 aromatic rings. The molecule has 0 spiro atoms. The Balaban J connectivity index is 2.50. The average Bonchev–Trinajstić information content (AvgIpc) is 2.48. The van der Waals surface area contributed by atoms with Crippen LogP contribution in [-0.4, -0.2) is 14.6 Å². The Bertz CT molecular complexity index is 422. The molecule has 0 aromatic carbocycles. The Kier molecular flexibility index (Phi) is 2.31. The van der Waals surface area contributed by atoms with Crippen LogP contribution in [0.15, 0.2) is 23.1 Å². The van der Waals surface area contributed by atoms with Gasteiger partial charge in [0.25, 0.3) is 0 Å². The van der Waals surface area contributed by atoms with E-state index in [2.05, 4.69) is 32.9 Å². The van der Waals surface area contributed by atoms with E-state index in [9.17, 15) is 0 Å². The van der Waals surface area contributed by atoms with Crippen LogP contribution in [0.2, 0.25) is 0 Å². The van der Waals surface area contributed by atoms with Crippen LogP contribution < -0.4 is 0 Å². The lowest BCUT2D eigenvalue weighted by molar-refractivity contribution is 0.864. The molecule has 0 atom stereocenters. The maximum absolute atomic E-state index is 4.31. The summed E-state index contributed by atoms with van der Waals surface area (Å²) in [7, 11) is 0. The highest BCUT2D eigenvalue weighted by Gasteiger charge is 2.02. The Hall–Kier alpha value is -0.900. The summed E-state index contributed by atoms with van der Waals surface area (Å²) in [4.78, 5) is 4.31. The molecule has 2 rings (SSSR count). The van der Waals surface area contributed by atoms with Crippen molar-refractivity contribution in [1.82, 2.24) is 14.6 Å². The van der Waals surface area contributed by atoms with Gasteiger partial charge >= 0.3 is 0 Å². The van der Waals surface area contributed by atoms with Gasteiger partial charge in [-0.3, -0.25) is 0 Å². The normalized spacial score (nSPS) is 10.9. The third-order valence-electron chi connectivity index (χ3n) is 1.91. The molecule has 0 bridgehead atoms. The summed E-state index contributed by atoms with van der Waals surface area (Å²) in [5.74, 6) is 0. The molecule has 0 N–H and O–H groups in total. The van der Waals surface area contributed by atoms with Gasteiger partial charge in [0.15, 0.2) is 5.65 Å². The molecule has 0 aliphatic heterocycles. The number of hydrogen-bond donors (Lipinski definition) is 0. The number of rotatable bonds is 2. The SMILES string of the molecule is CCCc1cnc2c(Br)cnn2c1. The summed E-state index contributed by atoms with van der Waals surface area (Å²) >= 11 is 3.38. The van der Waals surface area contributed by atoms with E-state index in [-0.39, 0.29) is 0 Å². The van der Waals surface area contributed by atoms with Gasteiger partial charge < -0.3 is 0 Å². The molecule has 4 heteroatoms. The first-order chi connectivity index (χ1) is 6.31. The fourth-order valence-corrected chi connectivity index (χ4v) is 1.68. The van der Waals surface area contributed by atoms with Crippen LogP contribution in [0.25, 0.3) is 5.65 Å². The van der Waals surface area contributed by atoms with Crippen molar-refractivity contribution in [3.8, 4) is 0 Å². The minimum absolute atomic E-state index is 0.875. The maximum atomic E-state index is 4.31. The van der Waals surface area contributed by atoms with Crippen molar-refractivity contribution in [1.29, 1.82) is 0 Å². The molecule has 0 aliphatic rings. The third kappa shape index (κ3) is 1.58. The summed E-state index contributed by atoms with van der Waals surface area (Å²) < 4.78 is 2.74. The summed E-state index contributed by atoms with van der Waals surface area (Å²) in [6.07, 6.45) is 7.88. The van der Waals surface area contributed by atoms with Crippen molar-refractivity contribution >= 4 is 21.6 Å². The van der Waals surface area contributed by atoms with E-state index in [0.717, 1.165) is 23.0 Å². The van der Waals surface area contributed by atoms with Crippen LogP contribution in [0, 0.1) is 0 Å². The summed E-state index contributed by atoms with van der Waals surface area (Å²) in [5.41, 5.74) is 2.10. The minimum atomic E-state index is 0.875. The quantitative estimate of drug-likeness (QED) is 0.806. The smallest absolute Gasteiger partial charge is 0.169 e. The molecular formula is C9H10BrN3. The zero-order chi connectivity index (χ0) is 9.26. The number of fused-ring (bicyclic) bond motifs is 1. The molecule has 2 aromatic heterocycles. The Morgan fingerprint density at radius 3 is 3.08 bits per heavy atom. The molecule has 3 nitrogen and oxygen atoms in total. The highest BCUT2D eigenvalue weighted by Crippen LogP contribution is 2.15. The third-order valence-corrected chi connectivity index (χ3v) is 2.46. The topological polar surface area (TPSA) is 30.2 Å². The number of aryl methyl sites for hydroxylation is 1. The van der Waals surface area contributed by atoms with E-state index in [0.29, 0.717) is 0 Å². The highest BCUT2D eigenvalue weighted by molar-refractivity contribution is 9.10. The molecule has 0 amide bonds. The molecule has 0 saturated heterocycles. The van der Waals surface area contributed by atoms with E-state index in [4.69, 9.17) is 0 Å². The van der Waals surface area contributed by atoms with Crippen LogP contribution >= 0.6 is 15.9 Å². The van der Waals surface area contributed by atoms with Gasteiger partial charge in [-0.25, -0.2) is 9.50 Å². The predicted molar refractivity (Wildman–Crippen MR) is 54.7 cm³/mol. The molecule has 2 heterocycles. The fraction of sp³-hybridized carbons (Fsp3) is 0.333. The van der Waals surface area contributed by atoms with Gasteiger partial charge in [0.2, 0.25) is 0 Å². The van der Waals surface area contributed by atoms with Crippen molar-refractivity contribution in [2.45, 2.75) is 19.8 Å². The van der Waals surface area contributed by atoms with Crippen molar-refractivity contribution < 1.29 is 0 Å². The van der Waals surface area contributed by atoms with E-state index in [1.807, 2.05) is 12.4 Å². The van der Waals surface area contributed by atoms with Gasteiger partial charge in [-0.1, -0.05) is 13.3 Å². The molecular weight excluding hydrogens is 230 g/mol. The van der Waals surface area contributed by atoms with E-state index in [1.165, 1.54) is 5.56 Å². The second-order valence-corrected chi connectivity index (χ2v) is 3.83. The Labute approximate surface area is 84.9 Å². The van der Waals surface area contributed by atoms with E-state index < -0.39 is 0 Å². The number of hydrogen-bond acceptors (Lipinski definition) is 2. The Morgan fingerprint density at radius 2 is 2.31 bits per heavy atom. The van der Waals surface area contributed by atoms with Gasteiger partial charge in [-0.2, -0.15) is 5.10 Å². The maximum Gasteiger partial charge on any atom is 0.169 e. The standard InChI is InChI=1S/C9H10BrN3/c1-2-3-7-4-11-9-8(10)5-12-13(9)6-7/h4-6H,2-3H2,1H3. The average molecular weight is 240 g/mol. The van der Waals surface area contributed by atoms with Crippen molar-refractivity contribution in [3.05, 3.63) is 28.6 Å². The molecule has 68 valence electrons. The first kappa shape index (κ1) is 8.69. The molecule has 0 unspecified atom stereocenters. The monoisotopic (exact) mass is 239 g/mol. The molecule has 13 heavy (non-hydrogen) atoms. The molecule has 0 fully saturated rings. The van der Waals surface area contributed by atoms with Crippen LogP contribution in [0.1, 0.15) is 18.9 Å². The van der Waals surface area contributed by atoms with Crippen LogP contribution in [0.3, 0.4) is 0 Å². The first-order valence-electron chi connectivity index (χ1n) is 4.29. The van der Waals surface area contributed by atoms with Crippen LogP contribution in [-0.2, 0) is 6.42 Å². The first-order valence-corrected chi connectivity index (χ1v) is 5.08. The van der Waals surface area contributed by atoms with Gasteiger partial charge in [-0.15, -0.1) is 0 Å². The lowest BCUT2D eigenvalue weighted by atomic mass is 10.2. The summed E-state index contributed by atoms with van der Waals surface area (Å²) in [6.45, 7) is 2.16. The second-order valence-electron chi connectivity index (χ2n) is 2.97. The number of nitrogens with zero attached hydrogens (tertiary/aromatic N) is 3. The van der Waals surface area contributed by atoms with Crippen molar-refractivity contribution in [2.75, 3.05) is 0 Å². The van der Waals surface area contributed by atoms with Crippen LogP contribution in [0.4, 0.5) is 0 Å². The Morgan fingerprint density at radius 1 is 1.46 bits per heavy atom. The minimum Gasteiger partial charge on any atom is -0.236 e. The van der Waals surface area contributed by atoms with Gasteiger partial charge in [0.1, 0.15) is 0 Å². The van der Waals surface area contributed by atoms with E-state index in [1.54, 1.807) is 10.7 Å². The molecule has 0 aliphatic carbocycles. The number of aromatic nitrogens is 3. The largest absolute Gasteiger partial charge is 0.236 e. The molecule has 0 radical (unpaired) electrons. The highest BCUT2D eigenvalue weighted by atomic mass is 79.9. The van der Waals surface area contributed by atoms with Gasteiger partial charge in [-0.05, 0) is 27.9 Å². The molecule has 0 saturated carbocycles. The predicted octanol–water partition coefficient (Wildman–Crippen LogP) is 2.44. The van der Waals surface area contributed by atoms with Crippen molar-refractivity contribution in [3.63, 3.8) is 0 Å². The van der Waals surface area contributed by atoms with Gasteiger partial charge in [0, 0.05) is 12.4 Å². The van der Waals surface area contributed by atoms with Gasteiger partial charge in [0.05, 0.1) is 10.7 Å². The summed E-state index contributed by atoms with van der Waals surface area (Å²) in [6, 6.07) is 0. The second kappa shape index (κ2) is 3.46. The summed E-state index contributed by atoms with van der Waals surface area (Å²) in [5, 5.41) is 4.17. The van der Waals surface area contributed by atoms with Crippen molar-refractivity contribution in [2.24, 2.45) is 0 Å². The fourth-order valence-electron chi connectivity index (χ4n) is 1.30. The number of halogens is 1. The van der Waals surface area contributed by atoms with Crippen LogP contribution in [0.5, 0.6) is 0 Å². The zero-order valence-corrected chi connectivity index (χ0v) is 8.95.